The molecular formula is C5H8N6O. The van der Waals surface area contributed by atoms with Crippen LogP contribution in [0.15, 0.2) is 0 Å². The minimum Gasteiger partial charge on any atom is -0.367 e. The topological polar surface area (TPSA) is 98.7 Å². The summed E-state index contributed by atoms with van der Waals surface area (Å²) in [6.45, 7) is 0.550. The summed E-state index contributed by atoms with van der Waals surface area (Å²) in [7, 11) is 0. The molecule has 7 heteroatoms. The highest BCUT2D eigenvalue weighted by Crippen LogP contribution is 2.15. The Kier molecular flexibility index (Phi) is 1.42. The number of nitrogen functional groups attached to an aromatic ring is 1. The van der Waals surface area contributed by atoms with Crippen molar-refractivity contribution in [2.24, 2.45) is 0 Å². The van der Waals surface area contributed by atoms with E-state index in [1.165, 1.54) is 4.68 Å². The first-order valence-electron chi connectivity index (χ1n) is 3.57. The van der Waals surface area contributed by atoms with Crippen LogP contribution in [0.5, 0.6) is 0 Å². The van der Waals surface area contributed by atoms with E-state index in [4.69, 9.17) is 5.73 Å². The van der Waals surface area contributed by atoms with Gasteiger partial charge in [0.05, 0.1) is 12.5 Å². The monoisotopic (exact) mass is 168 g/mol. The van der Waals surface area contributed by atoms with Crippen molar-refractivity contribution in [2.45, 2.75) is 12.5 Å². The summed E-state index contributed by atoms with van der Waals surface area (Å²) in [5, 5.41) is 13.3. The van der Waals surface area contributed by atoms with Crippen molar-refractivity contribution in [1.82, 2.24) is 25.5 Å². The fourth-order valence-corrected chi connectivity index (χ4v) is 1.22. The standard InChI is InChI=1S/C5H8N6O/c6-5-8-9-10-11(5)3-1-4(12)7-2-3/h3H,1-2H2,(H,7,12)(H2,6,8,10). The van der Waals surface area contributed by atoms with E-state index in [1.807, 2.05) is 0 Å². The fourth-order valence-electron chi connectivity index (χ4n) is 1.22. The lowest BCUT2D eigenvalue weighted by Crippen LogP contribution is -2.17. The molecular weight excluding hydrogens is 160 g/mol. The molecule has 0 saturated carbocycles. The molecule has 0 aliphatic carbocycles. The van der Waals surface area contributed by atoms with Gasteiger partial charge in [0.2, 0.25) is 11.9 Å². The summed E-state index contributed by atoms with van der Waals surface area (Å²) in [4.78, 5) is 10.8. The molecule has 1 unspecified atom stereocenters. The fraction of sp³-hybridized carbons (Fsp3) is 0.600. The van der Waals surface area contributed by atoms with E-state index < -0.39 is 0 Å². The molecule has 0 radical (unpaired) electrons. The van der Waals surface area contributed by atoms with Crippen LogP contribution >= 0.6 is 0 Å². The maximum absolute atomic E-state index is 10.8. The number of carbonyl (C=O) groups excluding carboxylic acids is 1. The van der Waals surface area contributed by atoms with Gasteiger partial charge >= 0.3 is 0 Å². The van der Waals surface area contributed by atoms with Crippen molar-refractivity contribution < 1.29 is 4.79 Å². The molecule has 1 aliphatic rings. The van der Waals surface area contributed by atoms with Crippen LogP contribution in [-0.2, 0) is 4.79 Å². The second-order valence-electron chi connectivity index (χ2n) is 2.64. The number of nitrogens with one attached hydrogen (secondary N) is 1. The molecule has 2 heterocycles. The Bertz CT molecular complexity index is 307. The van der Waals surface area contributed by atoms with E-state index in [2.05, 4.69) is 20.8 Å². The molecule has 1 aromatic rings. The van der Waals surface area contributed by atoms with Crippen LogP contribution < -0.4 is 11.1 Å². The molecule has 1 saturated heterocycles. The minimum atomic E-state index is -0.0347. The molecule has 12 heavy (non-hydrogen) atoms. The molecule has 3 N–H and O–H groups in total. The van der Waals surface area contributed by atoms with Gasteiger partial charge in [0.25, 0.3) is 0 Å². The van der Waals surface area contributed by atoms with Gasteiger partial charge in [0.1, 0.15) is 0 Å². The van der Waals surface area contributed by atoms with Gasteiger partial charge in [0, 0.05) is 6.54 Å². The van der Waals surface area contributed by atoms with Crippen LogP contribution in [0.2, 0.25) is 0 Å². The zero-order valence-electron chi connectivity index (χ0n) is 6.27. The van der Waals surface area contributed by atoms with Gasteiger partial charge in [-0.05, 0) is 10.4 Å². The Morgan fingerprint density at radius 2 is 2.50 bits per heavy atom. The van der Waals surface area contributed by atoms with Crippen LogP contribution in [0.3, 0.4) is 0 Å². The average molecular weight is 168 g/mol. The predicted octanol–water partition coefficient (Wildman–Crippen LogP) is -1.68. The van der Waals surface area contributed by atoms with Gasteiger partial charge in [-0.2, -0.15) is 0 Å². The van der Waals surface area contributed by atoms with Crippen LogP contribution in [0.4, 0.5) is 5.95 Å². The summed E-state index contributed by atoms with van der Waals surface area (Å²) in [6.07, 6.45) is 0.398. The highest BCUT2D eigenvalue weighted by atomic mass is 16.2. The third-order valence-electron chi connectivity index (χ3n) is 1.82. The largest absolute Gasteiger partial charge is 0.367 e. The Morgan fingerprint density at radius 3 is 3.00 bits per heavy atom. The minimum absolute atomic E-state index is 0.00917. The Morgan fingerprint density at radius 1 is 1.67 bits per heavy atom. The molecule has 1 amide bonds. The second-order valence-corrected chi connectivity index (χ2v) is 2.64. The normalized spacial score (nSPS) is 22.7. The molecule has 2 rings (SSSR count). The maximum atomic E-state index is 10.8. The second kappa shape index (κ2) is 2.43. The molecule has 0 spiro atoms. The predicted molar refractivity (Wildman–Crippen MR) is 38.9 cm³/mol. The number of hydrogen-bond donors (Lipinski definition) is 2. The number of aromatic nitrogens is 4. The van der Waals surface area contributed by atoms with E-state index in [0.29, 0.717) is 13.0 Å². The van der Waals surface area contributed by atoms with Crippen molar-refractivity contribution in [3.63, 3.8) is 0 Å². The molecule has 0 aromatic carbocycles. The van der Waals surface area contributed by atoms with E-state index in [-0.39, 0.29) is 17.9 Å². The maximum Gasteiger partial charge on any atom is 0.240 e. The first-order chi connectivity index (χ1) is 5.77. The first kappa shape index (κ1) is 7.01. The van der Waals surface area contributed by atoms with Gasteiger partial charge in [-0.25, -0.2) is 4.68 Å². The number of anilines is 1. The molecule has 1 atom stereocenters. The Balaban J connectivity index is 2.21. The Hall–Kier alpha value is -1.66. The quantitative estimate of drug-likeness (QED) is 0.521. The summed E-state index contributed by atoms with van der Waals surface area (Å²) < 4.78 is 1.46. The SMILES string of the molecule is Nc1nnnn1C1CNC(=O)C1. The van der Waals surface area contributed by atoms with Gasteiger partial charge in [-0.15, -0.1) is 0 Å². The van der Waals surface area contributed by atoms with Gasteiger partial charge in [-0.1, -0.05) is 5.10 Å². The summed E-state index contributed by atoms with van der Waals surface area (Å²) in [5.41, 5.74) is 5.45. The van der Waals surface area contributed by atoms with Crippen molar-refractivity contribution >= 4 is 11.9 Å². The van der Waals surface area contributed by atoms with Crippen molar-refractivity contribution in [3.05, 3.63) is 0 Å². The number of hydrogen-bond acceptors (Lipinski definition) is 5. The van der Waals surface area contributed by atoms with Gasteiger partial charge < -0.3 is 11.1 Å². The number of nitrogens with zero attached hydrogens (tertiary/aromatic N) is 4. The Labute approximate surface area is 67.9 Å². The van der Waals surface area contributed by atoms with E-state index >= 15 is 0 Å². The smallest absolute Gasteiger partial charge is 0.240 e. The van der Waals surface area contributed by atoms with Crippen molar-refractivity contribution in [2.75, 3.05) is 12.3 Å². The van der Waals surface area contributed by atoms with Crippen LogP contribution in [0.1, 0.15) is 12.5 Å². The lowest BCUT2D eigenvalue weighted by Gasteiger charge is -2.05. The summed E-state index contributed by atoms with van der Waals surface area (Å²) >= 11 is 0. The summed E-state index contributed by atoms with van der Waals surface area (Å²) in [6, 6.07) is -0.0347. The summed E-state index contributed by atoms with van der Waals surface area (Å²) in [5.74, 6) is 0.256. The molecule has 1 aliphatic heterocycles. The van der Waals surface area contributed by atoms with Gasteiger partial charge in [0.15, 0.2) is 0 Å². The number of carbonyl (C=O) groups is 1. The average Bonchev–Trinajstić information content (AvgIpc) is 2.58. The zero-order valence-corrected chi connectivity index (χ0v) is 6.27. The number of rotatable bonds is 1. The lowest BCUT2D eigenvalue weighted by molar-refractivity contribution is -0.119. The number of nitrogens with two attached hydrogens (primary N) is 1. The van der Waals surface area contributed by atoms with E-state index in [0.717, 1.165) is 0 Å². The molecule has 0 bridgehead atoms. The number of amides is 1. The van der Waals surface area contributed by atoms with Gasteiger partial charge in [-0.3, -0.25) is 4.79 Å². The highest BCUT2D eigenvalue weighted by molar-refractivity contribution is 5.78. The third-order valence-corrected chi connectivity index (χ3v) is 1.82. The molecule has 7 nitrogen and oxygen atoms in total. The third kappa shape index (κ3) is 0.987. The lowest BCUT2D eigenvalue weighted by atomic mass is 10.3. The highest BCUT2D eigenvalue weighted by Gasteiger charge is 2.25. The molecule has 64 valence electrons. The van der Waals surface area contributed by atoms with Crippen molar-refractivity contribution in [3.8, 4) is 0 Å². The van der Waals surface area contributed by atoms with Crippen LogP contribution in [0.25, 0.3) is 0 Å². The zero-order chi connectivity index (χ0) is 8.55. The van der Waals surface area contributed by atoms with Crippen molar-refractivity contribution in [1.29, 1.82) is 0 Å². The van der Waals surface area contributed by atoms with Crippen LogP contribution in [0, 0.1) is 0 Å². The van der Waals surface area contributed by atoms with E-state index in [9.17, 15) is 4.79 Å². The first-order valence-corrected chi connectivity index (χ1v) is 3.57. The number of tetrazole rings is 1. The van der Waals surface area contributed by atoms with Crippen LogP contribution in [-0.4, -0.2) is 32.7 Å². The van der Waals surface area contributed by atoms with E-state index in [1.54, 1.807) is 0 Å². The molecule has 1 fully saturated rings. The molecule has 1 aromatic heterocycles.